The monoisotopic (exact) mass is 323 g/mol. The molecular formula is C14H12F3N5O. The Labute approximate surface area is 128 Å². The maximum atomic E-state index is 12.9. The predicted octanol–water partition coefficient (Wildman–Crippen LogP) is 1.92. The van der Waals surface area contributed by atoms with Crippen molar-refractivity contribution in [2.45, 2.75) is 19.1 Å². The zero-order chi connectivity index (χ0) is 16.8. The average molecular weight is 323 g/mol. The van der Waals surface area contributed by atoms with Gasteiger partial charge in [0.05, 0.1) is 6.04 Å². The molecule has 0 aliphatic heterocycles. The molecule has 3 aromatic heterocycles. The zero-order valence-electron chi connectivity index (χ0n) is 11.9. The van der Waals surface area contributed by atoms with E-state index in [4.69, 9.17) is 5.73 Å². The summed E-state index contributed by atoms with van der Waals surface area (Å²) in [7, 11) is 0. The van der Waals surface area contributed by atoms with E-state index in [0.29, 0.717) is 5.65 Å². The molecular weight excluding hydrogens is 311 g/mol. The van der Waals surface area contributed by atoms with Crippen molar-refractivity contribution in [3.63, 3.8) is 0 Å². The molecule has 0 saturated heterocycles. The van der Waals surface area contributed by atoms with Gasteiger partial charge in [0, 0.05) is 6.20 Å². The fraction of sp³-hybridized carbons (Fsp3) is 0.214. The summed E-state index contributed by atoms with van der Waals surface area (Å²) >= 11 is 0. The SMILES string of the molecule is CC(N)c1nc2cccn2c(=O)n1-c1cccc(C(F)(F)F)n1. The molecule has 0 aromatic carbocycles. The van der Waals surface area contributed by atoms with Crippen LogP contribution in [0.5, 0.6) is 0 Å². The van der Waals surface area contributed by atoms with Crippen molar-refractivity contribution in [1.29, 1.82) is 0 Å². The van der Waals surface area contributed by atoms with Gasteiger partial charge in [-0.3, -0.25) is 4.40 Å². The second-order valence-electron chi connectivity index (χ2n) is 4.99. The molecule has 0 aliphatic rings. The van der Waals surface area contributed by atoms with Crippen LogP contribution in [0.1, 0.15) is 24.5 Å². The third kappa shape index (κ3) is 2.59. The molecule has 120 valence electrons. The van der Waals surface area contributed by atoms with Crippen molar-refractivity contribution in [3.05, 3.63) is 58.5 Å². The zero-order valence-corrected chi connectivity index (χ0v) is 11.9. The van der Waals surface area contributed by atoms with Crippen LogP contribution >= 0.6 is 0 Å². The first-order chi connectivity index (χ1) is 10.8. The molecule has 0 fully saturated rings. The van der Waals surface area contributed by atoms with Gasteiger partial charge in [0.15, 0.2) is 0 Å². The van der Waals surface area contributed by atoms with Gasteiger partial charge in [-0.1, -0.05) is 6.07 Å². The van der Waals surface area contributed by atoms with E-state index in [9.17, 15) is 18.0 Å². The number of hydrogen-bond acceptors (Lipinski definition) is 4. The lowest BCUT2D eigenvalue weighted by Gasteiger charge is -2.15. The minimum absolute atomic E-state index is 0.132. The summed E-state index contributed by atoms with van der Waals surface area (Å²) in [6.45, 7) is 1.59. The first-order valence-corrected chi connectivity index (χ1v) is 6.69. The molecule has 6 nitrogen and oxygen atoms in total. The summed E-state index contributed by atoms with van der Waals surface area (Å²) < 4.78 is 40.8. The van der Waals surface area contributed by atoms with Crippen molar-refractivity contribution in [3.8, 4) is 5.82 Å². The lowest BCUT2D eigenvalue weighted by molar-refractivity contribution is -0.141. The molecule has 0 amide bonds. The van der Waals surface area contributed by atoms with Crippen LogP contribution in [0.4, 0.5) is 13.2 Å². The third-order valence-electron chi connectivity index (χ3n) is 3.24. The van der Waals surface area contributed by atoms with Gasteiger partial charge >= 0.3 is 11.9 Å². The summed E-state index contributed by atoms with van der Waals surface area (Å²) in [6.07, 6.45) is -3.14. The number of rotatable bonds is 2. The van der Waals surface area contributed by atoms with Gasteiger partial charge in [0.2, 0.25) is 0 Å². The molecule has 0 saturated carbocycles. The van der Waals surface area contributed by atoms with E-state index in [0.717, 1.165) is 10.6 Å². The average Bonchev–Trinajstić information content (AvgIpc) is 2.95. The number of hydrogen-bond donors (Lipinski definition) is 1. The van der Waals surface area contributed by atoms with Crippen LogP contribution in [0.25, 0.3) is 11.5 Å². The van der Waals surface area contributed by atoms with Gasteiger partial charge in [0.1, 0.15) is 23.0 Å². The lowest BCUT2D eigenvalue weighted by atomic mass is 10.3. The molecule has 3 aromatic rings. The maximum absolute atomic E-state index is 12.9. The number of alkyl halides is 3. The lowest BCUT2D eigenvalue weighted by Crippen LogP contribution is -2.32. The van der Waals surface area contributed by atoms with Crippen LogP contribution in [0.3, 0.4) is 0 Å². The Hall–Kier alpha value is -2.68. The number of pyridine rings is 1. The molecule has 3 heterocycles. The number of fused-ring (bicyclic) bond motifs is 1. The summed E-state index contributed by atoms with van der Waals surface area (Å²) in [6, 6.07) is 5.87. The standard InChI is InChI=1S/C14H12F3N5O/c1-8(18)12-20-10-6-3-7-21(10)13(23)22(12)11-5-2-4-9(19-11)14(15,16)17/h2-8H,18H2,1H3. The smallest absolute Gasteiger partial charge is 0.322 e. The molecule has 2 N–H and O–H groups in total. The normalized spacial score (nSPS) is 13.4. The van der Waals surface area contributed by atoms with Crippen molar-refractivity contribution in [2.75, 3.05) is 0 Å². The van der Waals surface area contributed by atoms with E-state index in [2.05, 4.69) is 9.97 Å². The maximum Gasteiger partial charge on any atom is 0.433 e. The van der Waals surface area contributed by atoms with Crippen LogP contribution in [-0.4, -0.2) is 18.9 Å². The number of nitrogens with zero attached hydrogens (tertiary/aromatic N) is 4. The Kier molecular flexibility index (Phi) is 3.44. The second kappa shape index (κ2) is 5.20. The van der Waals surface area contributed by atoms with E-state index < -0.39 is 23.6 Å². The van der Waals surface area contributed by atoms with Crippen LogP contribution < -0.4 is 11.4 Å². The molecule has 3 rings (SSSR count). The molecule has 9 heteroatoms. The van der Waals surface area contributed by atoms with Crippen LogP contribution in [0, 0.1) is 0 Å². The first-order valence-electron chi connectivity index (χ1n) is 6.69. The van der Waals surface area contributed by atoms with E-state index >= 15 is 0 Å². The van der Waals surface area contributed by atoms with Gasteiger partial charge in [0.25, 0.3) is 0 Å². The minimum atomic E-state index is -4.61. The Morgan fingerprint density at radius 1 is 1.17 bits per heavy atom. The van der Waals surface area contributed by atoms with Gasteiger partial charge in [-0.05, 0) is 31.2 Å². The summed E-state index contributed by atoms with van der Waals surface area (Å²) in [5.41, 5.74) is 4.51. The van der Waals surface area contributed by atoms with Crippen LogP contribution in [0.15, 0.2) is 41.3 Å². The van der Waals surface area contributed by atoms with Crippen molar-refractivity contribution >= 4 is 5.65 Å². The molecule has 1 atom stereocenters. The number of halogens is 3. The Morgan fingerprint density at radius 2 is 1.91 bits per heavy atom. The summed E-state index contributed by atoms with van der Waals surface area (Å²) in [5, 5.41) is 0. The van der Waals surface area contributed by atoms with Gasteiger partial charge in [-0.2, -0.15) is 13.2 Å². The number of aromatic nitrogens is 4. The van der Waals surface area contributed by atoms with Crippen molar-refractivity contribution in [1.82, 2.24) is 18.9 Å². The van der Waals surface area contributed by atoms with Crippen molar-refractivity contribution in [2.24, 2.45) is 5.73 Å². The third-order valence-corrected chi connectivity index (χ3v) is 3.24. The summed E-state index contributed by atoms with van der Waals surface area (Å²) in [5.74, 6) is -0.0479. The Morgan fingerprint density at radius 3 is 2.57 bits per heavy atom. The van der Waals surface area contributed by atoms with Gasteiger partial charge in [-0.15, -0.1) is 0 Å². The van der Waals surface area contributed by atoms with Gasteiger partial charge in [-0.25, -0.2) is 19.3 Å². The molecule has 0 aliphatic carbocycles. The first kappa shape index (κ1) is 15.2. The highest BCUT2D eigenvalue weighted by molar-refractivity contribution is 5.40. The highest BCUT2D eigenvalue weighted by atomic mass is 19.4. The Balaban J connectivity index is 2.33. The van der Waals surface area contributed by atoms with Crippen LogP contribution in [0.2, 0.25) is 0 Å². The fourth-order valence-electron chi connectivity index (χ4n) is 2.22. The molecule has 0 radical (unpaired) electrons. The minimum Gasteiger partial charge on any atom is -0.322 e. The molecule has 0 bridgehead atoms. The Bertz CT molecular complexity index is 926. The summed E-state index contributed by atoms with van der Waals surface area (Å²) in [4.78, 5) is 20.4. The largest absolute Gasteiger partial charge is 0.433 e. The second-order valence-corrected chi connectivity index (χ2v) is 4.99. The van der Waals surface area contributed by atoms with E-state index in [1.807, 2.05) is 0 Å². The predicted molar refractivity (Wildman–Crippen MR) is 76.2 cm³/mol. The van der Waals surface area contributed by atoms with E-state index in [-0.39, 0.29) is 11.6 Å². The van der Waals surface area contributed by atoms with E-state index in [1.165, 1.54) is 22.7 Å². The van der Waals surface area contributed by atoms with Crippen molar-refractivity contribution < 1.29 is 13.2 Å². The molecule has 1 unspecified atom stereocenters. The fourth-order valence-corrected chi connectivity index (χ4v) is 2.22. The quantitative estimate of drug-likeness (QED) is 0.781. The van der Waals surface area contributed by atoms with Gasteiger partial charge < -0.3 is 5.73 Å². The molecule has 23 heavy (non-hydrogen) atoms. The van der Waals surface area contributed by atoms with E-state index in [1.54, 1.807) is 19.1 Å². The highest BCUT2D eigenvalue weighted by Gasteiger charge is 2.33. The topological polar surface area (TPSA) is 78.2 Å². The molecule has 0 spiro atoms. The highest BCUT2D eigenvalue weighted by Crippen LogP contribution is 2.28. The van der Waals surface area contributed by atoms with Crippen LogP contribution in [-0.2, 0) is 6.18 Å². The number of nitrogens with two attached hydrogens (primary N) is 1.